The van der Waals surface area contributed by atoms with Gasteiger partial charge in [-0.05, 0) is 95.1 Å². The number of aromatic nitrogens is 2. The molecule has 13 aromatic rings. The van der Waals surface area contributed by atoms with Gasteiger partial charge in [-0.1, -0.05) is 185 Å². The summed E-state index contributed by atoms with van der Waals surface area (Å²) in [4.78, 5) is 5.22. The summed E-state index contributed by atoms with van der Waals surface area (Å²) < 4.78 is 4.91. The van der Waals surface area contributed by atoms with E-state index in [0.29, 0.717) is 0 Å². The van der Waals surface area contributed by atoms with E-state index in [9.17, 15) is 0 Å². The molecule has 2 aliphatic rings. The maximum atomic E-state index is 2.61. The fraction of sp³-hybridized carbons (Fsp3) is 0.0882. The molecule has 0 atom stereocenters. The summed E-state index contributed by atoms with van der Waals surface area (Å²) in [7, 11) is 0. The minimum absolute atomic E-state index is 0.292. The topological polar surface area (TPSA) is 16.3 Å². The van der Waals surface area contributed by atoms with Crippen LogP contribution in [0, 0.1) is 0 Å². The van der Waals surface area contributed by atoms with Crippen LogP contribution in [0.4, 0.5) is 34.1 Å². The average molecular weight is 923 g/mol. The molecule has 0 saturated carbocycles. The van der Waals surface area contributed by atoms with Crippen molar-refractivity contribution in [1.82, 2.24) is 9.13 Å². The summed E-state index contributed by atoms with van der Waals surface area (Å²) in [5.41, 5.74) is 18.9. The van der Waals surface area contributed by atoms with Gasteiger partial charge < -0.3 is 18.9 Å². The van der Waals surface area contributed by atoms with E-state index in [2.05, 4.69) is 277 Å². The predicted molar refractivity (Wildman–Crippen MR) is 304 cm³/mol. The Morgan fingerprint density at radius 3 is 0.958 bits per heavy atom. The lowest BCUT2D eigenvalue weighted by molar-refractivity contribution is 0.633. The minimum atomic E-state index is -0.292. The highest BCUT2D eigenvalue weighted by atomic mass is 15.2. The smallest absolute Gasteiger partial charge is 0.0620 e. The van der Waals surface area contributed by atoms with E-state index in [1.165, 1.54) is 122 Å². The Morgan fingerprint density at radius 2 is 0.569 bits per heavy atom. The molecule has 0 bridgehead atoms. The Labute approximate surface area is 418 Å². The van der Waals surface area contributed by atoms with Crippen molar-refractivity contribution in [2.45, 2.75) is 38.5 Å². The molecule has 4 heterocycles. The number of hydrogen-bond donors (Lipinski definition) is 0. The van der Waals surface area contributed by atoms with Crippen molar-refractivity contribution in [3.05, 3.63) is 253 Å². The molecule has 0 N–H and O–H groups in total. The Kier molecular flexibility index (Phi) is 8.44. The van der Waals surface area contributed by atoms with Gasteiger partial charge in [0.15, 0.2) is 0 Å². The lowest BCUT2D eigenvalue weighted by atomic mass is 9.72. The highest BCUT2D eigenvalue weighted by Crippen LogP contribution is 2.60. The molecule has 0 aliphatic carbocycles. The third kappa shape index (κ3) is 5.47. The molecule has 0 radical (unpaired) electrons. The van der Waals surface area contributed by atoms with E-state index in [-0.39, 0.29) is 10.8 Å². The summed E-state index contributed by atoms with van der Waals surface area (Å²) in [5.74, 6) is 0. The molecule has 11 aromatic carbocycles. The lowest BCUT2D eigenvalue weighted by Gasteiger charge is -2.44. The average Bonchev–Trinajstić information content (AvgIpc) is 3.93. The standard InChI is InChI=1S/C68H50N4/c1-67(2)53-33-17-21-37-59(53)71(63-41-61-51(39-55(63)67)45-27-15-19-35-57(45)69(61)43-23-7-5-8-24-43)65-47-29-11-13-31-49(47)66(50-32-14-12-30-48(50)65)72-60-38-22-18-34-54(60)68(3,4)56-40-52-46-28-16-20-36-58(46)70(62(52)42-64(56)72)44-25-9-6-10-26-44/h5-42H,1-4H3. The molecule has 342 valence electrons. The van der Waals surface area contributed by atoms with Crippen molar-refractivity contribution >= 4 is 99.3 Å². The van der Waals surface area contributed by atoms with Crippen molar-refractivity contribution < 1.29 is 0 Å². The Morgan fingerprint density at radius 1 is 0.250 bits per heavy atom. The summed E-state index contributed by atoms with van der Waals surface area (Å²) in [6.45, 7) is 9.63. The molecule has 15 rings (SSSR count). The molecule has 0 saturated heterocycles. The lowest BCUT2D eigenvalue weighted by Crippen LogP contribution is -2.31. The van der Waals surface area contributed by atoms with Crippen LogP contribution in [0.2, 0.25) is 0 Å². The molecule has 0 fully saturated rings. The molecular formula is C68H50N4. The maximum absolute atomic E-state index is 2.61. The van der Waals surface area contributed by atoms with Crippen LogP contribution in [0.25, 0.3) is 76.5 Å². The number of fused-ring (bicyclic) bond motifs is 12. The molecule has 72 heavy (non-hydrogen) atoms. The number of rotatable bonds is 4. The van der Waals surface area contributed by atoms with Crippen LogP contribution in [0.3, 0.4) is 0 Å². The van der Waals surface area contributed by atoms with Crippen molar-refractivity contribution in [2.75, 3.05) is 9.80 Å². The minimum Gasteiger partial charge on any atom is -0.309 e. The summed E-state index contributed by atoms with van der Waals surface area (Å²) in [6, 6.07) is 86.0. The van der Waals surface area contributed by atoms with Crippen molar-refractivity contribution in [2.24, 2.45) is 0 Å². The fourth-order valence-corrected chi connectivity index (χ4v) is 13.1. The third-order valence-corrected chi connectivity index (χ3v) is 16.4. The zero-order valence-electron chi connectivity index (χ0n) is 40.7. The molecule has 4 heteroatoms. The second-order valence-electron chi connectivity index (χ2n) is 20.9. The SMILES string of the molecule is CC1(C)c2ccccc2N(c2c3ccccc3c(N3c4ccccc4C(C)(C)c4cc5c6ccccc6n(-c6ccccc6)c5cc43)c3ccccc23)c2cc3c(cc21)c1ccccc1n3-c1ccccc1. The van der Waals surface area contributed by atoms with Crippen LogP contribution in [0.1, 0.15) is 49.9 Å². The van der Waals surface area contributed by atoms with Crippen LogP contribution in [0.15, 0.2) is 231 Å². The predicted octanol–water partition coefficient (Wildman–Crippen LogP) is 18.4. The van der Waals surface area contributed by atoms with Gasteiger partial charge in [-0.3, -0.25) is 0 Å². The molecule has 4 nitrogen and oxygen atoms in total. The summed E-state index contributed by atoms with van der Waals surface area (Å²) in [5, 5.41) is 9.81. The summed E-state index contributed by atoms with van der Waals surface area (Å²) >= 11 is 0. The maximum Gasteiger partial charge on any atom is 0.0620 e. The van der Waals surface area contributed by atoms with E-state index in [0.717, 1.165) is 11.4 Å². The second-order valence-corrected chi connectivity index (χ2v) is 20.9. The van der Waals surface area contributed by atoms with E-state index in [4.69, 9.17) is 0 Å². The molecular weight excluding hydrogens is 873 g/mol. The number of hydrogen-bond acceptors (Lipinski definition) is 2. The second kappa shape index (κ2) is 14.8. The van der Waals surface area contributed by atoms with Crippen molar-refractivity contribution in [3.8, 4) is 11.4 Å². The van der Waals surface area contributed by atoms with E-state index >= 15 is 0 Å². The normalized spacial score (nSPS) is 14.6. The van der Waals surface area contributed by atoms with Gasteiger partial charge >= 0.3 is 0 Å². The van der Waals surface area contributed by atoms with E-state index < -0.39 is 0 Å². The van der Waals surface area contributed by atoms with Crippen LogP contribution >= 0.6 is 0 Å². The zero-order chi connectivity index (χ0) is 48.0. The Bertz CT molecular complexity index is 4060. The highest BCUT2D eigenvalue weighted by Gasteiger charge is 2.42. The van der Waals surface area contributed by atoms with Gasteiger partial charge in [0.05, 0.1) is 56.2 Å². The van der Waals surface area contributed by atoms with Gasteiger partial charge in [-0.2, -0.15) is 0 Å². The Hall–Kier alpha value is -8.86. The zero-order valence-corrected chi connectivity index (χ0v) is 40.7. The van der Waals surface area contributed by atoms with Crippen molar-refractivity contribution in [3.63, 3.8) is 0 Å². The van der Waals surface area contributed by atoms with Crippen LogP contribution in [-0.2, 0) is 10.8 Å². The number of nitrogens with zero attached hydrogens (tertiary/aromatic N) is 4. The van der Waals surface area contributed by atoms with Gasteiger partial charge in [0.1, 0.15) is 0 Å². The quantitative estimate of drug-likeness (QED) is 0.164. The molecule has 0 amide bonds. The van der Waals surface area contributed by atoms with Crippen LogP contribution in [0.5, 0.6) is 0 Å². The first kappa shape index (κ1) is 41.0. The van der Waals surface area contributed by atoms with Gasteiger partial charge in [0.2, 0.25) is 0 Å². The van der Waals surface area contributed by atoms with Gasteiger partial charge in [-0.15, -0.1) is 0 Å². The van der Waals surface area contributed by atoms with E-state index in [1.54, 1.807) is 0 Å². The number of anilines is 6. The molecule has 0 unspecified atom stereocenters. The van der Waals surface area contributed by atoms with Crippen molar-refractivity contribution in [1.29, 1.82) is 0 Å². The number of para-hydroxylation sites is 6. The summed E-state index contributed by atoms with van der Waals surface area (Å²) in [6.07, 6.45) is 0. The van der Waals surface area contributed by atoms with Gasteiger partial charge in [0.25, 0.3) is 0 Å². The first-order valence-corrected chi connectivity index (χ1v) is 25.3. The largest absolute Gasteiger partial charge is 0.309 e. The van der Waals surface area contributed by atoms with Crippen LogP contribution in [-0.4, -0.2) is 9.13 Å². The van der Waals surface area contributed by atoms with Gasteiger partial charge in [0, 0.05) is 65.3 Å². The van der Waals surface area contributed by atoms with Crippen LogP contribution < -0.4 is 9.80 Å². The molecule has 2 aliphatic heterocycles. The van der Waals surface area contributed by atoms with Gasteiger partial charge in [-0.25, -0.2) is 0 Å². The molecule has 2 aromatic heterocycles. The monoisotopic (exact) mass is 922 g/mol. The first-order valence-electron chi connectivity index (χ1n) is 25.3. The molecule has 0 spiro atoms. The first-order chi connectivity index (χ1) is 35.3. The Balaban J connectivity index is 1.06. The number of benzene rings is 11. The fourth-order valence-electron chi connectivity index (χ4n) is 13.1. The third-order valence-electron chi connectivity index (χ3n) is 16.4. The highest BCUT2D eigenvalue weighted by molar-refractivity contribution is 6.25. The van der Waals surface area contributed by atoms with E-state index in [1.807, 2.05) is 0 Å².